The highest BCUT2D eigenvalue weighted by Gasteiger charge is 2.42. The number of carbonyl (C=O) groups excluding carboxylic acids is 3. The third-order valence-corrected chi connectivity index (χ3v) is 4.58. The van der Waals surface area contributed by atoms with Gasteiger partial charge in [-0.3, -0.25) is 14.4 Å². The van der Waals surface area contributed by atoms with Gasteiger partial charge >= 0.3 is 0 Å². The third-order valence-electron chi connectivity index (χ3n) is 4.35. The molecule has 2 saturated heterocycles. The molecule has 3 rings (SSSR count). The van der Waals surface area contributed by atoms with Crippen LogP contribution in [0.3, 0.4) is 0 Å². The van der Waals surface area contributed by atoms with Crippen LogP contribution < -0.4 is 5.32 Å². The molecule has 1 N–H and O–H groups in total. The zero-order valence-electron chi connectivity index (χ0n) is 13.1. The lowest BCUT2D eigenvalue weighted by atomic mass is 10.1. The Morgan fingerprint density at radius 1 is 1.33 bits per heavy atom. The van der Waals surface area contributed by atoms with Crippen LogP contribution in [-0.4, -0.2) is 59.2 Å². The number of amides is 3. The molecule has 0 aromatic heterocycles. The standard InChI is InChI=1S/C16H17ClFN3O3/c1-9(22)19-11-5-12-7-20(8-15(23)21(12)6-11)16(24)13-4-10(17)2-3-14(13)18/h2-4,11-12H,5-8H2,1H3,(H,19,22). The highest BCUT2D eigenvalue weighted by atomic mass is 35.5. The van der Waals surface area contributed by atoms with E-state index < -0.39 is 11.7 Å². The maximum atomic E-state index is 13.9. The van der Waals surface area contributed by atoms with Crippen molar-refractivity contribution in [3.05, 3.63) is 34.6 Å². The van der Waals surface area contributed by atoms with Gasteiger partial charge < -0.3 is 15.1 Å². The van der Waals surface area contributed by atoms with Gasteiger partial charge in [0.1, 0.15) is 12.4 Å². The smallest absolute Gasteiger partial charge is 0.257 e. The fourth-order valence-electron chi connectivity index (χ4n) is 3.35. The van der Waals surface area contributed by atoms with E-state index in [0.717, 1.165) is 6.07 Å². The van der Waals surface area contributed by atoms with Gasteiger partial charge in [-0.2, -0.15) is 0 Å². The molecule has 0 spiro atoms. The third kappa shape index (κ3) is 3.21. The van der Waals surface area contributed by atoms with Crippen LogP contribution in [-0.2, 0) is 9.59 Å². The van der Waals surface area contributed by atoms with Crippen molar-refractivity contribution in [1.29, 1.82) is 0 Å². The van der Waals surface area contributed by atoms with Crippen LogP contribution >= 0.6 is 11.6 Å². The van der Waals surface area contributed by atoms with E-state index in [0.29, 0.717) is 19.5 Å². The second-order valence-electron chi connectivity index (χ2n) is 6.14. The van der Waals surface area contributed by atoms with E-state index in [9.17, 15) is 18.8 Å². The van der Waals surface area contributed by atoms with E-state index in [1.807, 2.05) is 0 Å². The molecule has 2 unspecified atom stereocenters. The number of nitrogens with zero attached hydrogens (tertiary/aromatic N) is 2. The molecule has 128 valence electrons. The summed E-state index contributed by atoms with van der Waals surface area (Å²) in [6, 6.07) is 3.48. The zero-order valence-corrected chi connectivity index (χ0v) is 13.8. The van der Waals surface area contributed by atoms with Gasteiger partial charge in [0.15, 0.2) is 0 Å². The van der Waals surface area contributed by atoms with Crippen molar-refractivity contribution in [3.63, 3.8) is 0 Å². The van der Waals surface area contributed by atoms with Crippen molar-refractivity contribution < 1.29 is 18.8 Å². The summed E-state index contributed by atoms with van der Waals surface area (Å²) in [6.45, 7) is 2.08. The first-order valence-corrected chi connectivity index (χ1v) is 8.04. The lowest BCUT2D eigenvalue weighted by Crippen LogP contribution is -2.55. The summed E-state index contributed by atoms with van der Waals surface area (Å²) < 4.78 is 13.9. The number of nitrogens with one attached hydrogen (secondary N) is 1. The number of fused-ring (bicyclic) bond motifs is 1. The van der Waals surface area contributed by atoms with E-state index in [1.54, 1.807) is 4.90 Å². The van der Waals surface area contributed by atoms with E-state index in [2.05, 4.69) is 5.32 Å². The first-order chi connectivity index (χ1) is 11.3. The number of benzene rings is 1. The maximum absolute atomic E-state index is 13.9. The molecule has 1 aromatic carbocycles. The topological polar surface area (TPSA) is 69.7 Å². The Hall–Kier alpha value is -2.15. The second-order valence-corrected chi connectivity index (χ2v) is 6.58. The number of hydrogen-bond donors (Lipinski definition) is 1. The SMILES string of the molecule is CC(=O)NC1CC2CN(C(=O)c3cc(Cl)ccc3F)CC(=O)N2C1. The Labute approximate surface area is 143 Å². The monoisotopic (exact) mass is 353 g/mol. The van der Waals surface area contributed by atoms with Gasteiger partial charge in [-0.05, 0) is 24.6 Å². The second kappa shape index (κ2) is 6.39. The summed E-state index contributed by atoms with van der Waals surface area (Å²) in [6.07, 6.45) is 0.577. The van der Waals surface area contributed by atoms with Crippen LogP contribution in [0.5, 0.6) is 0 Å². The number of piperazine rings is 1. The van der Waals surface area contributed by atoms with Crippen molar-refractivity contribution in [3.8, 4) is 0 Å². The maximum Gasteiger partial charge on any atom is 0.257 e. The first kappa shape index (κ1) is 16.7. The van der Waals surface area contributed by atoms with Gasteiger partial charge in [-0.1, -0.05) is 11.6 Å². The van der Waals surface area contributed by atoms with Crippen molar-refractivity contribution in [1.82, 2.24) is 15.1 Å². The Morgan fingerprint density at radius 3 is 2.79 bits per heavy atom. The average molecular weight is 354 g/mol. The molecule has 2 fully saturated rings. The minimum Gasteiger partial charge on any atom is -0.352 e. The van der Waals surface area contributed by atoms with Crippen LogP contribution in [0.25, 0.3) is 0 Å². The van der Waals surface area contributed by atoms with Crippen LogP contribution in [0.4, 0.5) is 4.39 Å². The minimum atomic E-state index is -0.665. The molecule has 6 nitrogen and oxygen atoms in total. The molecule has 8 heteroatoms. The molecule has 24 heavy (non-hydrogen) atoms. The number of carbonyl (C=O) groups is 3. The molecule has 3 amide bonds. The molecule has 0 saturated carbocycles. The Morgan fingerprint density at radius 2 is 2.08 bits per heavy atom. The Bertz CT molecular complexity index is 712. The van der Waals surface area contributed by atoms with Gasteiger partial charge in [0.2, 0.25) is 11.8 Å². The Balaban J connectivity index is 1.75. The van der Waals surface area contributed by atoms with Crippen molar-refractivity contribution >= 4 is 29.3 Å². The number of hydrogen-bond acceptors (Lipinski definition) is 3. The van der Waals surface area contributed by atoms with Crippen LogP contribution in [0, 0.1) is 5.82 Å². The first-order valence-electron chi connectivity index (χ1n) is 7.66. The fraction of sp³-hybridized carbons (Fsp3) is 0.438. The lowest BCUT2D eigenvalue weighted by molar-refractivity contribution is -0.136. The number of halogens is 2. The Kier molecular flexibility index (Phi) is 4.45. The van der Waals surface area contributed by atoms with E-state index in [1.165, 1.54) is 24.0 Å². The molecule has 0 radical (unpaired) electrons. The number of rotatable bonds is 2. The zero-order chi connectivity index (χ0) is 17.4. The fourth-order valence-corrected chi connectivity index (χ4v) is 3.52. The molecular formula is C16H17ClFN3O3. The van der Waals surface area contributed by atoms with Crippen LogP contribution in [0.2, 0.25) is 5.02 Å². The van der Waals surface area contributed by atoms with Gasteiger partial charge in [0.25, 0.3) is 5.91 Å². The quantitative estimate of drug-likeness (QED) is 0.863. The van der Waals surface area contributed by atoms with Gasteiger partial charge in [0, 0.05) is 31.1 Å². The van der Waals surface area contributed by atoms with E-state index in [4.69, 9.17) is 11.6 Å². The predicted molar refractivity (Wildman–Crippen MR) is 85.0 cm³/mol. The summed E-state index contributed by atoms with van der Waals surface area (Å²) in [5.41, 5.74) is -0.139. The van der Waals surface area contributed by atoms with Crippen LogP contribution in [0.15, 0.2) is 18.2 Å². The lowest BCUT2D eigenvalue weighted by Gasteiger charge is -2.36. The molecule has 0 aliphatic carbocycles. The summed E-state index contributed by atoms with van der Waals surface area (Å²) in [7, 11) is 0. The van der Waals surface area contributed by atoms with Crippen molar-refractivity contribution in [2.75, 3.05) is 19.6 Å². The minimum absolute atomic E-state index is 0.103. The highest BCUT2D eigenvalue weighted by Crippen LogP contribution is 2.25. The molecule has 2 atom stereocenters. The van der Waals surface area contributed by atoms with E-state index in [-0.39, 0.29) is 41.0 Å². The molecule has 2 aliphatic rings. The molecule has 2 heterocycles. The van der Waals surface area contributed by atoms with E-state index >= 15 is 0 Å². The average Bonchev–Trinajstić information content (AvgIpc) is 2.91. The summed E-state index contributed by atoms with van der Waals surface area (Å²) in [5, 5.41) is 3.06. The van der Waals surface area contributed by atoms with Crippen molar-refractivity contribution in [2.24, 2.45) is 0 Å². The van der Waals surface area contributed by atoms with Gasteiger partial charge in [-0.25, -0.2) is 4.39 Å². The summed E-state index contributed by atoms with van der Waals surface area (Å²) >= 11 is 5.83. The molecular weight excluding hydrogens is 337 g/mol. The highest BCUT2D eigenvalue weighted by molar-refractivity contribution is 6.31. The predicted octanol–water partition coefficient (Wildman–Crippen LogP) is 1.04. The molecule has 0 bridgehead atoms. The van der Waals surface area contributed by atoms with Gasteiger partial charge in [0.05, 0.1) is 11.6 Å². The van der Waals surface area contributed by atoms with Crippen LogP contribution in [0.1, 0.15) is 23.7 Å². The van der Waals surface area contributed by atoms with Crippen molar-refractivity contribution in [2.45, 2.75) is 25.4 Å². The molecule has 2 aliphatic heterocycles. The normalized spacial score (nSPS) is 23.2. The van der Waals surface area contributed by atoms with Gasteiger partial charge in [-0.15, -0.1) is 0 Å². The summed E-state index contributed by atoms with van der Waals surface area (Å²) in [4.78, 5) is 39.1. The molecule has 1 aromatic rings. The summed E-state index contributed by atoms with van der Waals surface area (Å²) in [5.74, 6) is -1.57. The largest absolute Gasteiger partial charge is 0.352 e.